The number of nitrogens with zero attached hydrogens (tertiary/aromatic N) is 6. The molecule has 8 heteroatoms. The van der Waals surface area contributed by atoms with Gasteiger partial charge in [-0.15, -0.1) is 5.10 Å². The molecule has 138 valence electrons. The Balaban J connectivity index is 1.62. The molecule has 0 saturated carbocycles. The first-order valence-electron chi connectivity index (χ1n) is 8.79. The predicted molar refractivity (Wildman–Crippen MR) is 99.2 cm³/mol. The Kier molecular flexibility index (Phi) is 5.83. The van der Waals surface area contributed by atoms with Crippen molar-refractivity contribution in [3.8, 4) is 0 Å². The summed E-state index contributed by atoms with van der Waals surface area (Å²) < 4.78 is 5.05. The van der Waals surface area contributed by atoms with Gasteiger partial charge in [0.15, 0.2) is 5.82 Å². The quantitative estimate of drug-likeness (QED) is 0.808. The van der Waals surface area contributed by atoms with E-state index in [1.165, 1.54) is 5.56 Å². The molecular formula is C18H24N6O2. The summed E-state index contributed by atoms with van der Waals surface area (Å²) in [5, 5.41) is 8.26. The maximum atomic E-state index is 11.8. The molecule has 1 aromatic heterocycles. The summed E-state index contributed by atoms with van der Waals surface area (Å²) >= 11 is 0. The Bertz CT molecular complexity index is 719. The number of piperazine rings is 1. The van der Waals surface area contributed by atoms with Crippen molar-refractivity contribution < 1.29 is 9.53 Å². The van der Waals surface area contributed by atoms with E-state index in [-0.39, 0.29) is 6.09 Å². The minimum absolute atomic E-state index is 0.253. The summed E-state index contributed by atoms with van der Waals surface area (Å²) in [5.41, 5.74) is 1.19. The van der Waals surface area contributed by atoms with Gasteiger partial charge in [-0.3, -0.25) is 0 Å². The maximum Gasteiger partial charge on any atom is 0.409 e. The van der Waals surface area contributed by atoms with Gasteiger partial charge in [-0.1, -0.05) is 30.3 Å². The molecule has 26 heavy (non-hydrogen) atoms. The van der Waals surface area contributed by atoms with Gasteiger partial charge in [0.05, 0.1) is 12.8 Å². The summed E-state index contributed by atoms with van der Waals surface area (Å²) in [7, 11) is 1.95. The van der Waals surface area contributed by atoms with Crippen molar-refractivity contribution in [2.45, 2.75) is 13.5 Å². The van der Waals surface area contributed by atoms with Crippen LogP contribution in [0.15, 0.2) is 36.5 Å². The van der Waals surface area contributed by atoms with Crippen LogP contribution in [-0.2, 0) is 11.3 Å². The number of hydrogen-bond acceptors (Lipinski definition) is 7. The average molecular weight is 356 g/mol. The van der Waals surface area contributed by atoms with Crippen LogP contribution >= 0.6 is 0 Å². The highest BCUT2D eigenvalue weighted by Crippen LogP contribution is 2.16. The number of aromatic nitrogens is 3. The van der Waals surface area contributed by atoms with E-state index in [0.29, 0.717) is 45.3 Å². The molecule has 0 aliphatic carbocycles. The predicted octanol–water partition coefficient (Wildman–Crippen LogP) is 1.79. The van der Waals surface area contributed by atoms with E-state index in [1.54, 1.807) is 11.1 Å². The van der Waals surface area contributed by atoms with Crippen LogP contribution in [0.2, 0.25) is 0 Å². The van der Waals surface area contributed by atoms with Crippen molar-refractivity contribution in [2.75, 3.05) is 49.6 Å². The highest BCUT2D eigenvalue weighted by Gasteiger charge is 2.23. The average Bonchev–Trinajstić information content (AvgIpc) is 2.69. The molecule has 0 atom stereocenters. The van der Waals surface area contributed by atoms with Gasteiger partial charge in [0, 0.05) is 39.8 Å². The molecule has 1 saturated heterocycles. The monoisotopic (exact) mass is 356 g/mol. The van der Waals surface area contributed by atoms with Gasteiger partial charge < -0.3 is 19.4 Å². The molecule has 0 N–H and O–H groups in total. The molecule has 0 bridgehead atoms. The highest BCUT2D eigenvalue weighted by atomic mass is 16.6. The third-order valence-electron chi connectivity index (χ3n) is 4.27. The molecule has 3 rings (SSSR count). The van der Waals surface area contributed by atoms with Gasteiger partial charge in [-0.25, -0.2) is 4.79 Å². The SMILES string of the molecule is CCOC(=O)N1CCN(c2cnnc(N(C)Cc3ccccc3)n2)CC1. The third kappa shape index (κ3) is 4.38. The zero-order valence-corrected chi connectivity index (χ0v) is 15.2. The highest BCUT2D eigenvalue weighted by molar-refractivity contribution is 5.68. The van der Waals surface area contributed by atoms with Crippen LogP contribution in [0.3, 0.4) is 0 Å². The number of carbonyl (C=O) groups excluding carboxylic acids is 1. The van der Waals surface area contributed by atoms with Crippen molar-refractivity contribution in [2.24, 2.45) is 0 Å². The largest absolute Gasteiger partial charge is 0.450 e. The summed E-state index contributed by atoms with van der Waals surface area (Å²) in [5.74, 6) is 1.36. The Morgan fingerprint density at radius 1 is 1.19 bits per heavy atom. The standard InChI is InChI=1S/C18H24N6O2/c1-3-26-18(25)24-11-9-23(10-12-24)16-13-19-21-17(20-16)22(2)14-15-7-5-4-6-8-15/h4-8,13H,3,9-12,14H2,1-2H3. The first-order chi connectivity index (χ1) is 12.7. The molecule has 2 aromatic rings. The Hall–Kier alpha value is -2.90. The molecule has 0 spiro atoms. The second kappa shape index (κ2) is 8.46. The van der Waals surface area contributed by atoms with Crippen LogP contribution in [-0.4, -0.2) is 66.0 Å². The topological polar surface area (TPSA) is 74.7 Å². The third-order valence-corrected chi connectivity index (χ3v) is 4.27. The van der Waals surface area contributed by atoms with Gasteiger partial charge >= 0.3 is 6.09 Å². The Morgan fingerprint density at radius 3 is 2.62 bits per heavy atom. The second-order valence-electron chi connectivity index (χ2n) is 6.13. The molecule has 1 aromatic carbocycles. The fourth-order valence-corrected chi connectivity index (χ4v) is 2.86. The van der Waals surface area contributed by atoms with E-state index >= 15 is 0 Å². The Labute approximate surface area is 153 Å². The van der Waals surface area contributed by atoms with Crippen LogP contribution in [0.5, 0.6) is 0 Å². The molecule has 1 aliphatic rings. The van der Waals surface area contributed by atoms with Gasteiger partial charge in [0.1, 0.15) is 0 Å². The smallest absolute Gasteiger partial charge is 0.409 e. The lowest BCUT2D eigenvalue weighted by atomic mass is 10.2. The number of carbonyl (C=O) groups is 1. The number of hydrogen-bond donors (Lipinski definition) is 0. The van der Waals surface area contributed by atoms with E-state index in [2.05, 4.69) is 32.2 Å². The van der Waals surface area contributed by atoms with Crippen molar-refractivity contribution >= 4 is 17.9 Å². The lowest BCUT2D eigenvalue weighted by molar-refractivity contribution is 0.105. The van der Waals surface area contributed by atoms with Crippen molar-refractivity contribution in [3.05, 3.63) is 42.1 Å². The molecular weight excluding hydrogens is 332 g/mol. The van der Waals surface area contributed by atoms with Crippen molar-refractivity contribution in [3.63, 3.8) is 0 Å². The zero-order chi connectivity index (χ0) is 18.4. The van der Waals surface area contributed by atoms with Crippen LogP contribution in [0.25, 0.3) is 0 Å². The summed E-state index contributed by atoms with van der Waals surface area (Å²) in [6, 6.07) is 10.2. The lowest BCUT2D eigenvalue weighted by Gasteiger charge is -2.34. The van der Waals surface area contributed by atoms with E-state index in [9.17, 15) is 4.79 Å². The molecule has 0 radical (unpaired) electrons. The molecule has 8 nitrogen and oxygen atoms in total. The van der Waals surface area contributed by atoms with E-state index in [4.69, 9.17) is 4.74 Å². The fraction of sp³-hybridized carbons (Fsp3) is 0.444. The first-order valence-corrected chi connectivity index (χ1v) is 8.79. The Morgan fingerprint density at radius 2 is 1.92 bits per heavy atom. The van der Waals surface area contributed by atoms with Crippen LogP contribution in [0, 0.1) is 0 Å². The van der Waals surface area contributed by atoms with Gasteiger partial charge in [-0.05, 0) is 12.5 Å². The second-order valence-corrected chi connectivity index (χ2v) is 6.13. The molecule has 2 heterocycles. The zero-order valence-electron chi connectivity index (χ0n) is 15.2. The minimum Gasteiger partial charge on any atom is -0.450 e. The number of amides is 1. The van der Waals surface area contributed by atoms with Crippen molar-refractivity contribution in [1.82, 2.24) is 20.1 Å². The van der Waals surface area contributed by atoms with Crippen LogP contribution in [0.4, 0.5) is 16.6 Å². The maximum absolute atomic E-state index is 11.8. The van der Waals surface area contributed by atoms with E-state index < -0.39 is 0 Å². The molecule has 1 fully saturated rings. The van der Waals surface area contributed by atoms with Gasteiger partial charge in [-0.2, -0.15) is 10.1 Å². The number of anilines is 2. The van der Waals surface area contributed by atoms with Gasteiger partial charge in [0.25, 0.3) is 0 Å². The lowest BCUT2D eigenvalue weighted by Crippen LogP contribution is -2.49. The molecule has 1 amide bonds. The van der Waals surface area contributed by atoms with Crippen LogP contribution < -0.4 is 9.80 Å². The summed E-state index contributed by atoms with van der Waals surface area (Å²) in [4.78, 5) is 22.2. The van der Waals surface area contributed by atoms with E-state index in [1.807, 2.05) is 37.1 Å². The molecule has 0 unspecified atom stereocenters. The minimum atomic E-state index is -0.253. The number of benzene rings is 1. The number of ether oxygens (including phenoxy) is 1. The normalized spacial score (nSPS) is 14.2. The van der Waals surface area contributed by atoms with Crippen LogP contribution in [0.1, 0.15) is 12.5 Å². The van der Waals surface area contributed by atoms with E-state index in [0.717, 1.165) is 5.82 Å². The molecule has 1 aliphatic heterocycles. The van der Waals surface area contributed by atoms with Crippen molar-refractivity contribution in [1.29, 1.82) is 0 Å². The van der Waals surface area contributed by atoms with Gasteiger partial charge in [0.2, 0.25) is 5.95 Å². The summed E-state index contributed by atoms with van der Waals surface area (Å²) in [6.45, 7) is 5.53. The first kappa shape index (κ1) is 17.9. The summed E-state index contributed by atoms with van der Waals surface area (Å²) in [6.07, 6.45) is 1.41. The fourth-order valence-electron chi connectivity index (χ4n) is 2.86. The number of rotatable bonds is 5.